The molecule has 0 spiro atoms. The number of nitrogens with one attached hydrogen (secondary N) is 1. The highest BCUT2D eigenvalue weighted by Crippen LogP contribution is 2.24. The van der Waals surface area contributed by atoms with Crippen molar-refractivity contribution in [2.45, 2.75) is 51.5 Å². The molecule has 0 saturated heterocycles. The van der Waals surface area contributed by atoms with Crippen molar-refractivity contribution in [2.24, 2.45) is 0 Å². The zero-order valence-corrected chi connectivity index (χ0v) is 12.8. The fraction of sp³-hybridized carbons (Fsp3) is 0.538. The number of benzene rings is 1. The highest BCUT2D eigenvalue weighted by Gasteiger charge is 2.20. The number of sulfonamides is 1. The molecule has 102 valence electrons. The molecule has 1 rings (SSSR count). The Morgan fingerprint density at radius 3 is 2.22 bits per heavy atom. The minimum absolute atomic E-state index is 0.0228. The first-order chi connectivity index (χ1) is 8.31. The summed E-state index contributed by atoms with van der Waals surface area (Å²) in [6.45, 7) is 7.50. The van der Waals surface area contributed by atoms with Gasteiger partial charge in [0.15, 0.2) is 0 Å². The summed E-state index contributed by atoms with van der Waals surface area (Å²) < 4.78 is 27.3. The number of hydrogen-bond donors (Lipinski definition) is 1. The van der Waals surface area contributed by atoms with E-state index in [4.69, 9.17) is 11.6 Å². The molecule has 0 aliphatic rings. The van der Waals surface area contributed by atoms with Gasteiger partial charge in [0.05, 0.1) is 4.90 Å². The van der Waals surface area contributed by atoms with Gasteiger partial charge in [0, 0.05) is 11.1 Å². The van der Waals surface area contributed by atoms with Crippen molar-refractivity contribution in [2.75, 3.05) is 0 Å². The van der Waals surface area contributed by atoms with Crippen LogP contribution in [-0.4, -0.2) is 14.5 Å². The van der Waals surface area contributed by atoms with Crippen molar-refractivity contribution >= 4 is 21.6 Å². The van der Waals surface area contributed by atoms with E-state index >= 15 is 0 Å². The zero-order chi connectivity index (χ0) is 13.9. The molecule has 0 aromatic heterocycles. The van der Waals surface area contributed by atoms with E-state index in [0.717, 1.165) is 18.4 Å². The molecule has 0 saturated carbocycles. The molecule has 18 heavy (non-hydrogen) atoms. The number of rotatable bonds is 5. The van der Waals surface area contributed by atoms with Gasteiger partial charge in [0.25, 0.3) is 0 Å². The van der Waals surface area contributed by atoms with Crippen LogP contribution < -0.4 is 4.72 Å². The van der Waals surface area contributed by atoms with Gasteiger partial charge < -0.3 is 0 Å². The van der Waals surface area contributed by atoms with Crippen LogP contribution in [0.2, 0.25) is 5.02 Å². The highest BCUT2D eigenvalue weighted by atomic mass is 35.5. The second-order valence-electron chi connectivity index (χ2n) is 4.50. The van der Waals surface area contributed by atoms with Gasteiger partial charge in [-0.3, -0.25) is 0 Å². The fourth-order valence-electron chi connectivity index (χ4n) is 1.78. The molecule has 0 amide bonds. The Labute approximate surface area is 115 Å². The van der Waals surface area contributed by atoms with Crippen molar-refractivity contribution in [3.05, 3.63) is 28.3 Å². The van der Waals surface area contributed by atoms with E-state index in [2.05, 4.69) is 4.72 Å². The van der Waals surface area contributed by atoms with Gasteiger partial charge in [-0.15, -0.1) is 0 Å². The molecule has 0 unspecified atom stereocenters. The average molecular weight is 290 g/mol. The van der Waals surface area contributed by atoms with Gasteiger partial charge in [0.2, 0.25) is 10.0 Å². The van der Waals surface area contributed by atoms with Crippen molar-refractivity contribution in [3.8, 4) is 0 Å². The molecular formula is C13H20ClNO2S. The maximum Gasteiger partial charge on any atom is 0.241 e. The van der Waals surface area contributed by atoms with E-state index < -0.39 is 10.0 Å². The Morgan fingerprint density at radius 1 is 1.17 bits per heavy atom. The molecule has 1 aromatic rings. The summed E-state index contributed by atoms with van der Waals surface area (Å²) in [5.74, 6) is 0. The topological polar surface area (TPSA) is 46.2 Å². The zero-order valence-electron chi connectivity index (χ0n) is 11.2. The summed E-state index contributed by atoms with van der Waals surface area (Å²) in [6, 6.07) is 3.30. The van der Waals surface area contributed by atoms with Gasteiger partial charge >= 0.3 is 0 Å². The molecule has 0 radical (unpaired) electrons. The van der Waals surface area contributed by atoms with E-state index in [1.807, 2.05) is 13.8 Å². The first-order valence-electron chi connectivity index (χ1n) is 6.10. The average Bonchev–Trinajstić information content (AvgIpc) is 2.30. The number of halogens is 1. The SMILES string of the molecule is CCC(CC)NS(=O)(=O)c1cc(C)c(Cl)cc1C. The first-order valence-corrected chi connectivity index (χ1v) is 7.97. The van der Waals surface area contributed by atoms with Gasteiger partial charge in [-0.25, -0.2) is 13.1 Å². The van der Waals surface area contributed by atoms with E-state index in [-0.39, 0.29) is 6.04 Å². The fourth-order valence-corrected chi connectivity index (χ4v) is 3.71. The first kappa shape index (κ1) is 15.5. The molecule has 1 aromatic carbocycles. The molecule has 0 aliphatic heterocycles. The summed E-state index contributed by atoms with van der Waals surface area (Å²) in [4.78, 5) is 0.316. The third kappa shape index (κ3) is 3.46. The van der Waals surface area contributed by atoms with E-state index in [1.165, 1.54) is 0 Å². The Hall–Kier alpha value is -0.580. The van der Waals surface area contributed by atoms with Crippen molar-refractivity contribution in [1.82, 2.24) is 4.72 Å². The highest BCUT2D eigenvalue weighted by molar-refractivity contribution is 7.89. The number of hydrogen-bond acceptors (Lipinski definition) is 2. The Bertz CT molecular complexity index is 522. The monoisotopic (exact) mass is 289 g/mol. The largest absolute Gasteiger partial charge is 0.241 e. The van der Waals surface area contributed by atoms with Crippen LogP contribution in [0, 0.1) is 13.8 Å². The molecule has 0 bridgehead atoms. The third-order valence-corrected chi connectivity index (χ3v) is 5.12. The predicted molar refractivity (Wildman–Crippen MR) is 75.6 cm³/mol. The maximum absolute atomic E-state index is 12.3. The lowest BCUT2D eigenvalue weighted by Crippen LogP contribution is -2.34. The quantitative estimate of drug-likeness (QED) is 0.903. The third-order valence-electron chi connectivity index (χ3n) is 3.05. The molecule has 3 nitrogen and oxygen atoms in total. The van der Waals surface area contributed by atoms with Crippen LogP contribution in [0.4, 0.5) is 0 Å². The smallest absolute Gasteiger partial charge is 0.208 e. The van der Waals surface area contributed by atoms with Gasteiger partial charge in [-0.05, 0) is 49.9 Å². The normalized spacial score (nSPS) is 12.1. The Kier molecular flexibility index (Phi) is 5.20. The lowest BCUT2D eigenvalue weighted by molar-refractivity contribution is 0.530. The van der Waals surface area contributed by atoms with Crippen molar-refractivity contribution in [1.29, 1.82) is 0 Å². The molecule has 0 aliphatic carbocycles. The van der Waals surface area contributed by atoms with Crippen LogP contribution in [-0.2, 0) is 10.0 Å². The molecule has 0 heterocycles. The summed E-state index contributed by atoms with van der Waals surface area (Å²) in [6.07, 6.45) is 1.56. The van der Waals surface area contributed by atoms with E-state index in [9.17, 15) is 8.42 Å². The van der Waals surface area contributed by atoms with Crippen LogP contribution in [0.25, 0.3) is 0 Å². The molecule has 0 fully saturated rings. The van der Waals surface area contributed by atoms with Crippen LogP contribution in [0.15, 0.2) is 17.0 Å². The van der Waals surface area contributed by atoms with E-state index in [0.29, 0.717) is 15.5 Å². The summed E-state index contributed by atoms with van der Waals surface area (Å²) >= 11 is 5.98. The molecular weight excluding hydrogens is 270 g/mol. The minimum Gasteiger partial charge on any atom is -0.208 e. The standard InChI is InChI=1S/C13H20ClNO2S/c1-5-11(6-2)15-18(16,17)13-8-9(3)12(14)7-10(13)4/h7-8,11,15H,5-6H2,1-4H3. The maximum atomic E-state index is 12.3. The molecule has 1 N–H and O–H groups in total. The second-order valence-corrected chi connectivity index (χ2v) is 6.59. The van der Waals surface area contributed by atoms with Crippen LogP contribution in [0.5, 0.6) is 0 Å². The van der Waals surface area contributed by atoms with Gasteiger partial charge in [-0.1, -0.05) is 25.4 Å². The minimum atomic E-state index is -3.46. The lowest BCUT2D eigenvalue weighted by atomic mass is 10.2. The summed E-state index contributed by atoms with van der Waals surface area (Å²) in [5, 5.41) is 0.592. The predicted octanol–water partition coefficient (Wildman–Crippen LogP) is 3.42. The van der Waals surface area contributed by atoms with Crippen molar-refractivity contribution < 1.29 is 8.42 Å². The van der Waals surface area contributed by atoms with Crippen LogP contribution in [0.3, 0.4) is 0 Å². The Morgan fingerprint density at radius 2 is 1.72 bits per heavy atom. The Balaban J connectivity index is 3.16. The molecule has 5 heteroatoms. The van der Waals surface area contributed by atoms with E-state index in [1.54, 1.807) is 26.0 Å². The van der Waals surface area contributed by atoms with Crippen LogP contribution in [0.1, 0.15) is 37.8 Å². The van der Waals surface area contributed by atoms with Gasteiger partial charge in [-0.2, -0.15) is 0 Å². The van der Waals surface area contributed by atoms with Gasteiger partial charge in [0.1, 0.15) is 0 Å². The van der Waals surface area contributed by atoms with Crippen molar-refractivity contribution in [3.63, 3.8) is 0 Å². The summed E-state index contributed by atoms with van der Waals surface area (Å²) in [7, 11) is -3.46. The lowest BCUT2D eigenvalue weighted by Gasteiger charge is -2.17. The molecule has 0 atom stereocenters. The second kappa shape index (κ2) is 6.04. The number of aryl methyl sites for hydroxylation is 2. The van der Waals surface area contributed by atoms with Crippen LogP contribution >= 0.6 is 11.6 Å². The summed E-state index contributed by atoms with van der Waals surface area (Å²) in [5.41, 5.74) is 1.44.